The van der Waals surface area contributed by atoms with E-state index in [4.69, 9.17) is 0 Å². The van der Waals surface area contributed by atoms with Gasteiger partial charge < -0.3 is 15.1 Å². The summed E-state index contributed by atoms with van der Waals surface area (Å²) in [6.45, 7) is 1.86. The van der Waals surface area contributed by atoms with Crippen LogP contribution >= 0.6 is 0 Å². The molecule has 1 aromatic rings. The Labute approximate surface area is 101 Å². The molecular formula is C11H17N5O. The molecule has 0 aliphatic carbocycles. The smallest absolute Gasteiger partial charge is 0.239 e. The van der Waals surface area contributed by atoms with Gasteiger partial charge in [0.05, 0.1) is 6.54 Å². The van der Waals surface area contributed by atoms with E-state index in [1.165, 1.54) is 0 Å². The van der Waals surface area contributed by atoms with Crippen LogP contribution in [0.4, 0.5) is 11.8 Å². The second kappa shape index (κ2) is 4.99. The number of carbonyl (C=O) groups excluding carboxylic acids is 1. The largest absolute Gasteiger partial charge is 0.363 e. The summed E-state index contributed by atoms with van der Waals surface area (Å²) in [4.78, 5) is 24.0. The zero-order valence-corrected chi connectivity index (χ0v) is 10.2. The van der Waals surface area contributed by atoms with Gasteiger partial charge in [-0.05, 0) is 12.5 Å². The summed E-state index contributed by atoms with van der Waals surface area (Å²) in [6, 6.07) is 1.85. The lowest BCUT2D eigenvalue weighted by Crippen LogP contribution is -2.34. The number of hydrogen-bond acceptors (Lipinski definition) is 5. The normalized spacial score (nSPS) is 16.4. The molecular weight excluding hydrogens is 218 g/mol. The highest BCUT2D eigenvalue weighted by atomic mass is 16.2. The Morgan fingerprint density at radius 2 is 2.29 bits per heavy atom. The van der Waals surface area contributed by atoms with Crippen LogP contribution in [-0.4, -0.2) is 49.6 Å². The predicted molar refractivity (Wildman–Crippen MR) is 66.2 cm³/mol. The molecule has 1 N–H and O–H groups in total. The van der Waals surface area contributed by atoms with Crippen LogP contribution in [0, 0.1) is 0 Å². The molecule has 6 nitrogen and oxygen atoms in total. The van der Waals surface area contributed by atoms with Crippen molar-refractivity contribution in [3.8, 4) is 0 Å². The molecule has 1 amide bonds. The number of anilines is 2. The Bertz CT molecular complexity index is 407. The molecule has 0 spiro atoms. The van der Waals surface area contributed by atoms with Gasteiger partial charge in [-0.25, -0.2) is 4.98 Å². The zero-order valence-electron chi connectivity index (χ0n) is 10.2. The minimum atomic E-state index is 0.0290. The first-order valence-electron chi connectivity index (χ1n) is 5.69. The molecule has 92 valence electrons. The van der Waals surface area contributed by atoms with E-state index in [-0.39, 0.29) is 5.91 Å². The van der Waals surface area contributed by atoms with E-state index in [1.54, 1.807) is 6.20 Å². The van der Waals surface area contributed by atoms with Gasteiger partial charge in [-0.3, -0.25) is 4.79 Å². The Hall–Kier alpha value is -1.85. The third kappa shape index (κ3) is 2.83. The van der Waals surface area contributed by atoms with Crippen LogP contribution in [0.5, 0.6) is 0 Å². The molecule has 0 atom stereocenters. The lowest BCUT2D eigenvalue weighted by atomic mass is 10.4. The van der Waals surface area contributed by atoms with E-state index in [0.29, 0.717) is 12.5 Å². The number of rotatable bonds is 2. The van der Waals surface area contributed by atoms with Crippen molar-refractivity contribution in [3.63, 3.8) is 0 Å². The third-order valence-corrected chi connectivity index (χ3v) is 2.63. The third-order valence-electron chi connectivity index (χ3n) is 2.63. The van der Waals surface area contributed by atoms with E-state index in [9.17, 15) is 4.79 Å². The molecule has 0 aromatic carbocycles. The molecule has 0 radical (unpaired) electrons. The van der Waals surface area contributed by atoms with Gasteiger partial charge in [0.2, 0.25) is 11.9 Å². The molecule has 2 rings (SSSR count). The first kappa shape index (κ1) is 11.6. The van der Waals surface area contributed by atoms with Crippen molar-refractivity contribution >= 4 is 17.7 Å². The summed E-state index contributed by atoms with van der Waals surface area (Å²) in [6.07, 6.45) is 2.64. The highest BCUT2D eigenvalue weighted by Crippen LogP contribution is 2.13. The summed E-state index contributed by atoms with van der Waals surface area (Å²) in [5.41, 5.74) is 0. The van der Waals surface area contributed by atoms with Crippen LogP contribution in [0.15, 0.2) is 12.3 Å². The fourth-order valence-corrected chi connectivity index (χ4v) is 1.72. The summed E-state index contributed by atoms with van der Waals surface area (Å²) < 4.78 is 0. The van der Waals surface area contributed by atoms with Gasteiger partial charge in [0.25, 0.3) is 0 Å². The molecule has 2 heterocycles. The van der Waals surface area contributed by atoms with Gasteiger partial charge >= 0.3 is 0 Å². The minimum Gasteiger partial charge on any atom is -0.363 e. The molecule has 0 saturated carbocycles. The monoisotopic (exact) mass is 235 g/mol. The average Bonchev–Trinajstić information content (AvgIpc) is 2.54. The standard InChI is InChI=1S/C11H17N5O/c1-15(2)9-4-6-13-11(14-9)16-7-3-5-12-10(17)8-16/h4,6H,3,5,7-8H2,1-2H3,(H,12,17). The summed E-state index contributed by atoms with van der Waals surface area (Å²) in [5.74, 6) is 1.49. The average molecular weight is 235 g/mol. The Morgan fingerprint density at radius 1 is 1.47 bits per heavy atom. The Morgan fingerprint density at radius 3 is 3.06 bits per heavy atom. The van der Waals surface area contributed by atoms with Crippen molar-refractivity contribution in [1.29, 1.82) is 0 Å². The van der Waals surface area contributed by atoms with Crippen LogP contribution in [0.2, 0.25) is 0 Å². The second-order valence-corrected chi connectivity index (χ2v) is 4.23. The Kier molecular flexibility index (Phi) is 3.41. The summed E-state index contributed by atoms with van der Waals surface area (Å²) in [5, 5.41) is 2.84. The molecule has 1 aliphatic heterocycles. The lowest BCUT2D eigenvalue weighted by molar-refractivity contribution is -0.119. The van der Waals surface area contributed by atoms with Gasteiger partial charge in [-0.2, -0.15) is 4.98 Å². The van der Waals surface area contributed by atoms with Crippen LogP contribution in [0.3, 0.4) is 0 Å². The molecule has 1 fully saturated rings. The topological polar surface area (TPSA) is 61.4 Å². The number of amides is 1. The predicted octanol–water partition coefficient (Wildman–Crippen LogP) is -0.131. The summed E-state index contributed by atoms with van der Waals surface area (Å²) >= 11 is 0. The van der Waals surface area contributed by atoms with E-state index in [0.717, 1.165) is 25.3 Å². The molecule has 6 heteroatoms. The maximum absolute atomic E-state index is 11.5. The highest BCUT2D eigenvalue weighted by molar-refractivity contribution is 5.81. The van der Waals surface area contributed by atoms with Crippen molar-refractivity contribution in [1.82, 2.24) is 15.3 Å². The van der Waals surface area contributed by atoms with Crippen molar-refractivity contribution in [2.75, 3.05) is 43.5 Å². The first-order chi connectivity index (χ1) is 8.16. The lowest BCUT2D eigenvalue weighted by Gasteiger charge is -2.20. The molecule has 17 heavy (non-hydrogen) atoms. The maximum Gasteiger partial charge on any atom is 0.239 e. The first-order valence-corrected chi connectivity index (χ1v) is 5.69. The number of carbonyl (C=O) groups is 1. The summed E-state index contributed by atoms with van der Waals surface area (Å²) in [7, 11) is 3.86. The Balaban J connectivity index is 2.20. The van der Waals surface area contributed by atoms with E-state index >= 15 is 0 Å². The zero-order chi connectivity index (χ0) is 12.3. The maximum atomic E-state index is 11.5. The van der Waals surface area contributed by atoms with Crippen molar-refractivity contribution < 1.29 is 4.79 Å². The number of nitrogens with one attached hydrogen (secondary N) is 1. The number of nitrogens with zero attached hydrogens (tertiary/aromatic N) is 4. The van der Waals surface area contributed by atoms with Gasteiger partial charge in [-0.1, -0.05) is 0 Å². The quantitative estimate of drug-likeness (QED) is 0.773. The van der Waals surface area contributed by atoms with Crippen LogP contribution in [-0.2, 0) is 4.79 Å². The fourth-order valence-electron chi connectivity index (χ4n) is 1.72. The van der Waals surface area contributed by atoms with Gasteiger partial charge in [-0.15, -0.1) is 0 Å². The van der Waals surface area contributed by atoms with Gasteiger partial charge in [0, 0.05) is 33.4 Å². The van der Waals surface area contributed by atoms with Crippen molar-refractivity contribution in [3.05, 3.63) is 12.3 Å². The number of hydrogen-bond donors (Lipinski definition) is 1. The van der Waals surface area contributed by atoms with E-state index in [2.05, 4.69) is 15.3 Å². The molecule has 0 unspecified atom stereocenters. The number of aromatic nitrogens is 2. The van der Waals surface area contributed by atoms with Crippen molar-refractivity contribution in [2.24, 2.45) is 0 Å². The van der Waals surface area contributed by atoms with Crippen LogP contribution < -0.4 is 15.1 Å². The minimum absolute atomic E-state index is 0.0290. The van der Waals surface area contributed by atoms with Gasteiger partial charge in [0.15, 0.2) is 0 Å². The molecule has 1 saturated heterocycles. The highest BCUT2D eigenvalue weighted by Gasteiger charge is 2.17. The van der Waals surface area contributed by atoms with E-state index < -0.39 is 0 Å². The van der Waals surface area contributed by atoms with Crippen LogP contribution in [0.25, 0.3) is 0 Å². The SMILES string of the molecule is CN(C)c1ccnc(N2CCCNC(=O)C2)n1. The molecule has 0 bridgehead atoms. The molecule has 1 aromatic heterocycles. The van der Waals surface area contributed by atoms with E-state index in [1.807, 2.05) is 30.0 Å². The van der Waals surface area contributed by atoms with Crippen molar-refractivity contribution in [2.45, 2.75) is 6.42 Å². The second-order valence-electron chi connectivity index (χ2n) is 4.23. The van der Waals surface area contributed by atoms with Gasteiger partial charge in [0.1, 0.15) is 5.82 Å². The van der Waals surface area contributed by atoms with Crippen LogP contribution in [0.1, 0.15) is 6.42 Å². The molecule has 1 aliphatic rings. The fraction of sp³-hybridized carbons (Fsp3) is 0.545.